The molecule has 0 amide bonds. The lowest BCUT2D eigenvalue weighted by Gasteiger charge is -2.12. The third-order valence-electron chi connectivity index (χ3n) is 3.30. The van der Waals surface area contributed by atoms with Crippen molar-refractivity contribution in [1.82, 2.24) is 10.3 Å². The number of hydrogen-bond donors (Lipinski definition) is 2. The highest BCUT2D eigenvalue weighted by Crippen LogP contribution is 2.12. The summed E-state index contributed by atoms with van der Waals surface area (Å²) in [5, 5.41) is 3.11. The molecule has 1 aromatic heterocycles. The van der Waals surface area contributed by atoms with Crippen molar-refractivity contribution in [1.29, 1.82) is 0 Å². The zero-order valence-corrected chi connectivity index (χ0v) is 15.9. The first-order valence-corrected chi connectivity index (χ1v) is 7.35. The molecule has 1 heterocycles. The number of aromatic nitrogens is 1. The number of nitrogens with two attached hydrogens (primary N) is 1. The summed E-state index contributed by atoms with van der Waals surface area (Å²) in [6, 6.07) is 14.2. The molecule has 0 unspecified atom stereocenters. The second-order valence-corrected chi connectivity index (χ2v) is 5.26. The highest BCUT2D eigenvalue weighted by atomic mass is 127. The van der Waals surface area contributed by atoms with Crippen molar-refractivity contribution in [2.24, 2.45) is 10.7 Å². The summed E-state index contributed by atoms with van der Waals surface area (Å²) >= 11 is 0. The third kappa shape index (κ3) is 6.85. The average Bonchev–Trinajstić information content (AvgIpc) is 2.54. The molecular formula is C17H24IN5. The van der Waals surface area contributed by atoms with E-state index in [1.165, 1.54) is 5.69 Å². The van der Waals surface area contributed by atoms with Gasteiger partial charge in [-0.05, 0) is 29.8 Å². The first kappa shape index (κ1) is 19.2. The largest absolute Gasteiger partial charge is 0.378 e. The monoisotopic (exact) mass is 425 g/mol. The molecule has 0 aliphatic heterocycles. The Morgan fingerprint density at radius 3 is 2.52 bits per heavy atom. The number of benzene rings is 1. The Morgan fingerprint density at radius 2 is 1.91 bits per heavy atom. The van der Waals surface area contributed by atoms with E-state index in [0.29, 0.717) is 12.5 Å². The molecule has 6 heteroatoms. The summed E-state index contributed by atoms with van der Waals surface area (Å²) in [7, 11) is 4.05. The standard InChI is InChI=1S/C17H23N5.HI/c1-22(2)16-8-6-14(7-9-16)13-21-17(18)20-12-10-15-5-3-4-11-19-15;/h3-9,11H,10,12-13H2,1-2H3,(H3,18,20,21);1H. The first-order chi connectivity index (χ1) is 10.6. The Labute approximate surface area is 155 Å². The maximum Gasteiger partial charge on any atom is 0.188 e. The summed E-state index contributed by atoms with van der Waals surface area (Å²) in [4.78, 5) is 10.7. The predicted octanol–water partition coefficient (Wildman–Crippen LogP) is 2.41. The molecule has 124 valence electrons. The lowest BCUT2D eigenvalue weighted by Crippen LogP contribution is -2.33. The van der Waals surface area contributed by atoms with Gasteiger partial charge in [-0.2, -0.15) is 0 Å². The minimum Gasteiger partial charge on any atom is -0.378 e. The van der Waals surface area contributed by atoms with Crippen LogP contribution < -0.4 is 16.0 Å². The molecule has 1 aromatic carbocycles. The van der Waals surface area contributed by atoms with E-state index in [-0.39, 0.29) is 24.0 Å². The molecule has 0 atom stereocenters. The van der Waals surface area contributed by atoms with Crippen LogP contribution in [0.2, 0.25) is 0 Å². The molecule has 2 rings (SSSR count). The third-order valence-corrected chi connectivity index (χ3v) is 3.30. The molecule has 0 radical (unpaired) electrons. The maximum atomic E-state index is 5.87. The van der Waals surface area contributed by atoms with Crippen LogP contribution in [0.5, 0.6) is 0 Å². The Balaban J connectivity index is 0.00000264. The SMILES string of the molecule is CN(C)c1ccc(CN=C(N)NCCc2ccccn2)cc1.I. The molecule has 3 N–H and O–H groups in total. The van der Waals surface area contributed by atoms with Crippen molar-refractivity contribution in [2.75, 3.05) is 25.5 Å². The van der Waals surface area contributed by atoms with Crippen LogP contribution in [0.15, 0.2) is 53.7 Å². The highest BCUT2D eigenvalue weighted by Gasteiger charge is 1.97. The predicted molar refractivity (Wildman–Crippen MR) is 107 cm³/mol. The van der Waals surface area contributed by atoms with Gasteiger partial charge in [-0.1, -0.05) is 18.2 Å². The van der Waals surface area contributed by atoms with Crippen molar-refractivity contribution >= 4 is 35.6 Å². The number of nitrogens with one attached hydrogen (secondary N) is 1. The molecule has 0 spiro atoms. The summed E-state index contributed by atoms with van der Waals surface area (Å²) in [6.07, 6.45) is 2.62. The molecule has 5 nitrogen and oxygen atoms in total. The van der Waals surface area contributed by atoms with Crippen molar-refractivity contribution in [3.8, 4) is 0 Å². The average molecular weight is 425 g/mol. The number of guanidine groups is 1. The van der Waals surface area contributed by atoms with Gasteiger partial charge in [0.15, 0.2) is 5.96 Å². The Morgan fingerprint density at radius 1 is 1.17 bits per heavy atom. The number of halogens is 1. The topological polar surface area (TPSA) is 66.5 Å². The lowest BCUT2D eigenvalue weighted by atomic mass is 10.2. The first-order valence-electron chi connectivity index (χ1n) is 7.35. The van der Waals surface area contributed by atoms with Gasteiger partial charge in [0.25, 0.3) is 0 Å². The van der Waals surface area contributed by atoms with Gasteiger partial charge in [0.2, 0.25) is 0 Å². The zero-order chi connectivity index (χ0) is 15.8. The molecular weight excluding hydrogens is 401 g/mol. The van der Waals surface area contributed by atoms with E-state index < -0.39 is 0 Å². The van der Waals surface area contributed by atoms with Gasteiger partial charge in [0.1, 0.15) is 0 Å². The molecule has 2 aromatic rings. The quantitative estimate of drug-likeness (QED) is 0.424. The van der Waals surface area contributed by atoms with Crippen LogP contribution in [0.3, 0.4) is 0 Å². The molecule has 0 fully saturated rings. The van der Waals surface area contributed by atoms with Crippen LogP contribution in [0.4, 0.5) is 5.69 Å². The van der Waals surface area contributed by atoms with Crippen molar-refractivity contribution in [3.63, 3.8) is 0 Å². The maximum absolute atomic E-state index is 5.87. The van der Waals surface area contributed by atoms with Crippen LogP contribution in [-0.4, -0.2) is 31.6 Å². The molecule has 0 aliphatic rings. The van der Waals surface area contributed by atoms with E-state index in [2.05, 4.69) is 44.5 Å². The van der Waals surface area contributed by atoms with Gasteiger partial charge in [0.05, 0.1) is 6.54 Å². The van der Waals surface area contributed by atoms with Crippen LogP contribution in [0, 0.1) is 0 Å². The summed E-state index contributed by atoms with van der Waals surface area (Å²) in [6.45, 7) is 1.31. The zero-order valence-electron chi connectivity index (χ0n) is 13.6. The fourth-order valence-corrected chi connectivity index (χ4v) is 2.00. The number of aliphatic imine (C=N–C) groups is 1. The molecule has 23 heavy (non-hydrogen) atoms. The van der Waals surface area contributed by atoms with E-state index in [4.69, 9.17) is 5.73 Å². The van der Waals surface area contributed by atoms with Crippen molar-refractivity contribution in [3.05, 3.63) is 59.9 Å². The van der Waals surface area contributed by atoms with E-state index in [9.17, 15) is 0 Å². The Bertz CT molecular complexity index is 596. The fraction of sp³-hybridized carbons (Fsp3) is 0.294. The Kier molecular flexibility index (Phi) is 8.39. The minimum absolute atomic E-state index is 0. The normalized spacial score (nSPS) is 10.8. The Hall–Kier alpha value is -1.83. The second-order valence-electron chi connectivity index (χ2n) is 5.26. The van der Waals surface area contributed by atoms with Crippen LogP contribution in [0.25, 0.3) is 0 Å². The van der Waals surface area contributed by atoms with Gasteiger partial charge in [-0.25, -0.2) is 4.99 Å². The summed E-state index contributed by atoms with van der Waals surface area (Å²) in [5.74, 6) is 0.465. The van der Waals surface area contributed by atoms with E-state index in [1.807, 2.05) is 32.3 Å². The van der Waals surface area contributed by atoms with Crippen molar-refractivity contribution in [2.45, 2.75) is 13.0 Å². The minimum atomic E-state index is 0. The molecule has 0 saturated carbocycles. The molecule has 0 saturated heterocycles. The van der Waals surface area contributed by atoms with Gasteiger partial charge >= 0.3 is 0 Å². The lowest BCUT2D eigenvalue weighted by molar-refractivity contribution is 0.827. The van der Waals surface area contributed by atoms with Crippen LogP contribution >= 0.6 is 24.0 Å². The van der Waals surface area contributed by atoms with E-state index >= 15 is 0 Å². The van der Waals surface area contributed by atoms with Crippen LogP contribution in [-0.2, 0) is 13.0 Å². The van der Waals surface area contributed by atoms with Gasteiger partial charge in [-0.3, -0.25) is 4.98 Å². The number of rotatable bonds is 6. The van der Waals surface area contributed by atoms with Gasteiger partial charge in [-0.15, -0.1) is 24.0 Å². The summed E-state index contributed by atoms with van der Waals surface area (Å²) < 4.78 is 0. The molecule has 0 bridgehead atoms. The number of hydrogen-bond acceptors (Lipinski definition) is 3. The van der Waals surface area contributed by atoms with Crippen molar-refractivity contribution < 1.29 is 0 Å². The van der Waals surface area contributed by atoms with Gasteiger partial charge in [0, 0.05) is 44.6 Å². The second kappa shape index (κ2) is 10.0. The van der Waals surface area contributed by atoms with E-state index in [1.54, 1.807) is 6.20 Å². The smallest absolute Gasteiger partial charge is 0.188 e. The van der Waals surface area contributed by atoms with Gasteiger partial charge < -0.3 is 16.0 Å². The fourth-order valence-electron chi connectivity index (χ4n) is 2.00. The molecule has 0 aliphatic carbocycles. The number of pyridine rings is 1. The number of anilines is 1. The highest BCUT2D eigenvalue weighted by molar-refractivity contribution is 14.0. The van der Waals surface area contributed by atoms with E-state index in [0.717, 1.165) is 24.2 Å². The van der Waals surface area contributed by atoms with Crippen LogP contribution in [0.1, 0.15) is 11.3 Å². The summed E-state index contributed by atoms with van der Waals surface area (Å²) in [5.41, 5.74) is 9.23. The number of nitrogens with zero attached hydrogens (tertiary/aromatic N) is 3.